The minimum absolute atomic E-state index is 0.0841. The van der Waals surface area contributed by atoms with Crippen LogP contribution in [0.15, 0.2) is 17.3 Å². The molecule has 2 saturated carbocycles. The van der Waals surface area contributed by atoms with Crippen LogP contribution in [0.25, 0.3) is 0 Å². The van der Waals surface area contributed by atoms with Gasteiger partial charge in [0.1, 0.15) is 5.60 Å². The van der Waals surface area contributed by atoms with Gasteiger partial charge in [0, 0.05) is 6.04 Å². The molecule has 2 fully saturated rings. The molecule has 2 aliphatic carbocycles. The number of nitrogens with one attached hydrogen (secondary N) is 1. The average Bonchev–Trinajstić information content (AvgIpc) is 2.27. The van der Waals surface area contributed by atoms with Gasteiger partial charge in [-0.1, -0.05) is 17.3 Å². The summed E-state index contributed by atoms with van der Waals surface area (Å²) >= 11 is 0. The number of nitrogens with zero attached hydrogens (tertiary/aromatic N) is 1. The number of allylic oxidation sites excluding steroid dienone is 1. The number of amides is 1. The Morgan fingerprint density at radius 2 is 1.85 bits per heavy atom. The second-order valence-electron chi connectivity index (χ2n) is 6.92. The fourth-order valence-electron chi connectivity index (χ4n) is 3.31. The standard InChI is InChI=1S/C15H24N2O3/c1-9-5-10-7-12(17-19)8-11(6-9)13(10)16-14(18)20-15(2,3)4/h10-11,13,19H,1,5-8H2,2-4H3,(H,16,18)/t10-,11+,13?. The summed E-state index contributed by atoms with van der Waals surface area (Å²) in [5.74, 6) is 0.516. The first-order valence-electron chi connectivity index (χ1n) is 7.14. The molecular formula is C15H24N2O3. The molecule has 5 nitrogen and oxygen atoms in total. The number of alkyl carbamates (subject to hydrolysis) is 1. The van der Waals surface area contributed by atoms with Crippen LogP contribution in [-0.4, -0.2) is 28.7 Å². The van der Waals surface area contributed by atoms with Crippen LogP contribution in [0.1, 0.15) is 46.5 Å². The van der Waals surface area contributed by atoms with E-state index in [1.807, 2.05) is 20.8 Å². The minimum Gasteiger partial charge on any atom is -0.444 e. The van der Waals surface area contributed by atoms with Crippen molar-refractivity contribution in [3.05, 3.63) is 12.2 Å². The third-order valence-electron chi connectivity index (χ3n) is 3.94. The van der Waals surface area contributed by atoms with Gasteiger partial charge in [-0.15, -0.1) is 0 Å². The van der Waals surface area contributed by atoms with Crippen LogP contribution in [0.5, 0.6) is 0 Å². The Morgan fingerprint density at radius 1 is 1.30 bits per heavy atom. The first-order chi connectivity index (χ1) is 9.28. The number of carbonyl (C=O) groups excluding carboxylic acids is 1. The number of rotatable bonds is 1. The lowest BCUT2D eigenvalue weighted by Gasteiger charge is -2.43. The zero-order valence-electron chi connectivity index (χ0n) is 12.5. The summed E-state index contributed by atoms with van der Waals surface area (Å²) in [6.45, 7) is 9.64. The van der Waals surface area contributed by atoms with E-state index in [0.29, 0.717) is 12.8 Å². The zero-order chi connectivity index (χ0) is 14.9. The monoisotopic (exact) mass is 280 g/mol. The van der Waals surface area contributed by atoms with Crippen molar-refractivity contribution in [1.29, 1.82) is 0 Å². The zero-order valence-corrected chi connectivity index (χ0v) is 12.5. The average molecular weight is 280 g/mol. The van der Waals surface area contributed by atoms with Crippen molar-refractivity contribution in [3.8, 4) is 0 Å². The van der Waals surface area contributed by atoms with Crippen molar-refractivity contribution in [2.24, 2.45) is 17.0 Å². The van der Waals surface area contributed by atoms with E-state index < -0.39 is 5.60 Å². The quantitative estimate of drug-likeness (QED) is 0.440. The largest absolute Gasteiger partial charge is 0.444 e. The molecule has 0 aromatic carbocycles. The Morgan fingerprint density at radius 3 is 2.30 bits per heavy atom. The molecule has 1 unspecified atom stereocenters. The third-order valence-corrected chi connectivity index (χ3v) is 3.94. The summed E-state index contributed by atoms with van der Waals surface area (Å²) in [6.07, 6.45) is 2.81. The molecule has 5 heteroatoms. The summed E-state index contributed by atoms with van der Waals surface area (Å²) in [7, 11) is 0. The van der Waals surface area contributed by atoms with Crippen LogP contribution in [0.3, 0.4) is 0 Å². The molecule has 0 saturated heterocycles. The fraction of sp³-hybridized carbons (Fsp3) is 0.733. The Kier molecular flexibility index (Phi) is 4.06. The van der Waals surface area contributed by atoms with Crippen molar-refractivity contribution in [1.82, 2.24) is 5.32 Å². The van der Waals surface area contributed by atoms with E-state index >= 15 is 0 Å². The van der Waals surface area contributed by atoms with Gasteiger partial charge in [-0.25, -0.2) is 4.79 Å². The molecular weight excluding hydrogens is 256 g/mol. The van der Waals surface area contributed by atoms with Crippen molar-refractivity contribution < 1.29 is 14.7 Å². The maximum Gasteiger partial charge on any atom is 0.407 e. The number of ether oxygens (including phenoxy) is 1. The summed E-state index contributed by atoms with van der Waals surface area (Å²) in [5, 5.41) is 15.4. The first-order valence-corrected chi connectivity index (χ1v) is 7.14. The van der Waals surface area contributed by atoms with E-state index in [1.165, 1.54) is 5.57 Å². The van der Waals surface area contributed by atoms with Gasteiger partial charge in [0.05, 0.1) is 5.71 Å². The normalized spacial score (nSPS) is 32.0. The molecule has 0 heterocycles. The van der Waals surface area contributed by atoms with Gasteiger partial charge in [-0.05, 0) is 58.3 Å². The van der Waals surface area contributed by atoms with E-state index in [4.69, 9.17) is 9.94 Å². The van der Waals surface area contributed by atoms with Crippen molar-refractivity contribution in [3.63, 3.8) is 0 Å². The number of carbonyl (C=O) groups is 1. The molecule has 0 radical (unpaired) electrons. The molecule has 2 N–H and O–H groups in total. The molecule has 1 amide bonds. The van der Waals surface area contributed by atoms with Crippen LogP contribution in [0, 0.1) is 11.8 Å². The molecule has 2 rings (SSSR count). The van der Waals surface area contributed by atoms with Crippen molar-refractivity contribution >= 4 is 11.8 Å². The lowest BCUT2D eigenvalue weighted by Crippen LogP contribution is -2.52. The van der Waals surface area contributed by atoms with E-state index in [9.17, 15) is 4.79 Å². The molecule has 0 aromatic heterocycles. The van der Waals surface area contributed by atoms with Crippen LogP contribution in [-0.2, 0) is 4.74 Å². The Bertz CT molecular complexity index is 417. The van der Waals surface area contributed by atoms with Gasteiger partial charge < -0.3 is 15.3 Å². The van der Waals surface area contributed by atoms with Gasteiger partial charge in [0.15, 0.2) is 0 Å². The van der Waals surface area contributed by atoms with Crippen LogP contribution >= 0.6 is 0 Å². The van der Waals surface area contributed by atoms with Crippen LogP contribution in [0.4, 0.5) is 4.79 Å². The predicted molar refractivity (Wildman–Crippen MR) is 77.0 cm³/mol. The number of hydrogen-bond acceptors (Lipinski definition) is 4. The van der Waals surface area contributed by atoms with Gasteiger partial charge in [0.2, 0.25) is 0 Å². The highest BCUT2D eigenvalue weighted by Crippen LogP contribution is 2.41. The molecule has 0 aliphatic heterocycles. The topological polar surface area (TPSA) is 70.9 Å². The lowest BCUT2D eigenvalue weighted by atomic mass is 9.66. The highest BCUT2D eigenvalue weighted by Gasteiger charge is 2.41. The lowest BCUT2D eigenvalue weighted by molar-refractivity contribution is 0.0439. The smallest absolute Gasteiger partial charge is 0.407 e. The molecule has 3 atom stereocenters. The summed E-state index contributed by atoms with van der Waals surface area (Å²) in [6, 6.07) is 0.0841. The molecule has 112 valence electrons. The predicted octanol–water partition coefficient (Wildman–Crippen LogP) is 3.09. The maximum atomic E-state index is 12.0. The highest BCUT2D eigenvalue weighted by atomic mass is 16.6. The van der Waals surface area contributed by atoms with E-state index in [-0.39, 0.29) is 24.0 Å². The van der Waals surface area contributed by atoms with Gasteiger partial charge in [-0.2, -0.15) is 0 Å². The maximum absolute atomic E-state index is 12.0. The van der Waals surface area contributed by atoms with Crippen LogP contribution in [0.2, 0.25) is 0 Å². The first kappa shape index (κ1) is 14.9. The van der Waals surface area contributed by atoms with E-state index in [0.717, 1.165) is 18.6 Å². The summed E-state index contributed by atoms with van der Waals surface area (Å²) in [4.78, 5) is 12.0. The van der Waals surface area contributed by atoms with Crippen molar-refractivity contribution in [2.45, 2.75) is 58.1 Å². The fourth-order valence-corrected chi connectivity index (χ4v) is 3.31. The van der Waals surface area contributed by atoms with Gasteiger partial charge in [0.25, 0.3) is 0 Å². The van der Waals surface area contributed by atoms with E-state index in [1.54, 1.807) is 0 Å². The van der Waals surface area contributed by atoms with Crippen LogP contribution < -0.4 is 5.32 Å². The summed E-state index contributed by atoms with van der Waals surface area (Å²) < 4.78 is 5.33. The second-order valence-corrected chi connectivity index (χ2v) is 6.92. The van der Waals surface area contributed by atoms with E-state index in [2.05, 4.69) is 17.1 Å². The molecule has 0 aromatic rings. The number of fused-ring (bicyclic) bond motifs is 2. The Balaban J connectivity index is 2.04. The van der Waals surface area contributed by atoms with Gasteiger partial charge in [-0.3, -0.25) is 0 Å². The molecule has 2 bridgehead atoms. The molecule has 2 aliphatic rings. The number of oxime groups is 1. The minimum atomic E-state index is -0.491. The SMILES string of the molecule is C=C1C[C@@H]2CC(=NO)C[C@H](C1)C2NC(=O)OC(C)(C)C. The van der Waals surface area contributed by atoms with Crippen molar-refractivity contribution in [2.75, 3.05) is 0 Å². The molecule has 0 spiro atoms. The summed E-state index contributed by atoms with van der Waals surface area (Å²) in [5.41, 5.74) is 1.56. The highest BCUT2D eigenvalue weighted by molar-refractivity contribution is 5.86. The Hall–Kier alpha value is -1.52. The number of hydrogen-bond donors (Lipinski definition) is 2. The van der Waals surface area contributed by atoms with Gasteiger partial charge >= 0.3 is 6.09 Å². The third kappa shape index (κ3) is 3.52. The molecule has 20 heavy (non-hydrogen) atoms. The second kappa shape index (κ2) is 5.46. The Labute approximate surface area is 120 Å².